The number of ether oxygens (including phenoxy) is 2. The van der Waals surface area contributed by atoms with Gasteiger partial charge in [-0.05, 0) is 43.2 Å². The van der Waals surface area contributed by atoms with E-state index >= 15 is 0 Å². The summed E-state index contributed by atoms with van der Waals surface area (Å²) in [6.45, 7) is 3.99. The van der Waals surface area contributed by atoms with E-state index in [4.69, 9.17) is 13.7 Å². The Morgan fingerprint density at radius 2 is 1.32 bits per heavy atom. The average Bonchev–Trinajstić information content (AvgIpc) is 2.78. The summed E-state index contributed by atoms with van der Waals surface area (Å²) in [6, 6.07) is 7.60. The van der Waals surface area contributed by atoms with Crippen molar-refractivity contribution in [3.63, 3.8) is 0 Å². The van der Waals surface area contributed by atoms with Gasteiger partial charge in [-0.2, -0.15) is 16.8 Å². The van der Waals surface area contributed by atoms with Crippen molar-refractivity contribution in [1.82, 2.24) is 0 Å². The smallest absolute Gasteiger partial charge is 0.339 e. The van der Waals surface area contributed by atoms with Gasteiger partial charge in [0.25, 0.3) is 10.1 Å². The Labute approximate surface area is 198 Å². The summed E-state index contributed by atoms with van der Waals surface area (Å²) in [5, 5.41) is 0. The molecule has 2 aromatic rings. The maximum absolute atomic E-state index is 12.9. The van der Waals surface area contributed by atoms with Crippen LogP contribution in [-0.2, 0) is 29.7 Å². The van der Waals surface area contributed by atoms with Crippen LogP contribution in [0, 0.1) is 0 Å². The first-order valence-corrected chi connectivity index (χ1v) is 13.3. The van der Waals surface area contributed by atoms with Gasteiger partial charge in [0, 0.05) is 0 Å². The lowest BCUT2D eigenvalue weighted by Crippen LogP contribution is -2.16. The zero-order valence-corrected chi connectivity index (χ0v) is 20.4. The molecule has 0 aromatic heterocycles. The molecular formula is C22H26O10S2. The number of carbonyl (C=O) groups is 2. The average molecular weight is 515 g/mol. The van der Waals surface area contributed by atoms with E-state index in [0.29, 0.717) is 12.8 Å². The molecule has 0 radical (unpaired) electrons. The zero-order valence-electron chi connectivity index (χ0n) is 18.7. The summed E-state index contributed by atoms with van der Waals surface area (Å²) in [6.07, 6.45) is 2.70. The summed E-state index contributed by atoms with van der Waals surface area (Å²) in [5.41, 5.74) is -0.461. The predicted octanol–water partition coefficient (Wildman–Crippen LogP) is 3.61. The molecule has 186 valence electrons. The topological polar surface area (TPSA) is 150 Å². The van der Waals surface area contributed by atoms with Crippen molar-refractivity contribution in [2.45, 2.75) is 49.3 Å². The van der Waals surface area contributed by atoms with Gasteiger partial charge in [-0.3, -0.25) is 4.55 Å². The van der Waals surface area contributed by atoms with E-state index in [0.717, 1.165) is 43.2 Å². The molecule has 12 heteroatoms. The Kier molecular flexibility index (Phi) is 9.59. The molecule has 1 N–H and O–H groups in total. The van der Waals surface area contributed by atoms with Gasteiger partial charge in [0.05, 0.1) is 24.3 Å². The Bertz CT molecular complexity index is 1190. The fraction of sp³-hybridized carbons (Fsp3) is 0.364. The number of para-hydroxylation sites is 1. The molecule has 0 aliphatic rings. The van der Waals surface area contributed by atoms with Crippen LogP contribution >= 0.6 is 0 Å². The third-order valence-corrected chi connectivity index (χ3v) is 6.56. The molecule has 0 fully saturated rings. The molecule has 0 atom stereocenters. The largest absolute Gasteiger partial charge is 0.462 e. The first-order valence-electron chi connectivity index (χ1n) is 10.5. The molecule has 0 aliphatic carbocycles. The predicted molar refractivity (Wildman–Crippen MR) is 121 cm³/mol. The molecule has 0 spiro atoms. The van der Waals surface area contributed by atoms with Crippen LogP contribution in [-0.4, -0.2) is 46.5 Å². The van der Waals surface area contributed by atoms with E-state index in [2.05, 4.69) is 0 Å². The summed E-state index contributed by atoms with van der Waals surface area (Å²) in [4.78, 5) is 23.5. The number of benzene rings is 2. The van der Waals surface area contributed by atoms with Crippen LogP contribution in [0.15, 0.2) is 52.3 Å². The molecule has 2 aromatic carbocycles. The lowest BCUT2D eigenvalue weighted by atomic mass is 10.1. The third kappa shape index (κ3) is 7.54. The van der Waals surface area contributed by atoms with Crippen LogP contribution in [0.5, 0.6) is 5.75 Å². The first kappa shape index (κ1) is 27.3. The minimum atomic E-state index is -4.79. The Morgan fingerprint density at radius 1 is 0.824 bits per heavy atom. The van der Waals surface area contributed by atoms with Crippen molar-refractivity contribution in [2.75, 3.05) is 13.2 Å². The molecule has 2 rings (SSSR count). The minimum Gasteiger partial charge on any atom is -0.462 e. The van der Waals surface area contributed by atoms with Gasteiger partial charge in [-0.1, -0.05) is 38.8 Å². The zero-order chi connectivity index (χ0) is 25.4. The van der Waals surface area contributed by atoms with Crippen LogP contribution in [0.4, 0.5) is 0 Å². The third-order valence-electron chi connectivity index (χ3n) is 4.46. The molecule has 0 unspecified atom stereocenters. The van der Waals surface area contributed by atoms with Crippen molar-refractivity contribution < 1.29 is 44.6 Å². The monoisotopic (exact) mass is 514 g/mol. The normalized spacial score (nSPS) is 11.6. The molecule has 0 aliphatic heterocycles. The summed E-state index contributed by atoms with van der Waals surface area (Å²) >= 11 is 0. The Morgan fingerprint density at radius 3 is 1.79 bits per heavy atom. The van der Waals surface area contributed by atoms with Crippen molar-refractivity contribution >= 4 is 32.2 Å². The van der Waals surface area contributed by atoms with Gasteiger partial charge in [-0.25, -0.2) is 9.59 Å². The number of hydrogen-bond donors (Lipinski definition) is 1. The molecule has 10 nitrogen and oxygen atoms in total. The lowest BCUT2D eigenvalue weighted by Gasteiger charge is -2.12. The highest BCUT2D eigenvalue weighted by Gasteiger charge is 2.26. The standard InChI is InChI=1S/C22H26O10S2/c1-3-5-11-30-21(23)16-13-17(22(24)31-12-6-4-2)15-18(14-16)34(28,29)32-19-9-7-8-10-20(19)33(25,26)27/h7-10,13-15H,3-6,11-12H2,1-2H3,(H,25,26,27). The fourth-order valence-electron chi connectivity index (χ4n) is 2.66. The molecular weight excluding hydrogens is 488 g/mol. The Balaban J connectivity index is 2.49. The quantitative estimate of drug-likeness (QED) is 0.192. The van der Waals surface area contributed by atoms with Crippen LogP contribution in [0.2, 0.25) is 0 Å². The molecule has 0 bridgehead atoms. The van der Waals surface area contributed by atoms with E-state index < -0.39 is 47.7 Å². The van der Waals surface area contributed by atoms with Crippen molar-refractivity contribution in [2.24, 2.45) is 0 Å². The minimum absolute atomic E-state index is 0.0980. The highest BCUT2D eigenvalue weighted by Crippen LogP contribution is 2.27. The van der Waals surface area contributed by atoms with Gasteiger partial charge in [0.1, 0.15) is 9.79 Å². The van der Waals surface area contributed by atoms with Crippen molar-refractivity contribution in [1.29, 1.82) is 0 Å². The van der Waals surface area contributed by atoms with Gasteiger partial charge in [0.2, 0.25) is 0 Å². The number of rotatable bonds is 12. The SMILES string of the molecule is CCCCOC(=O)c1cc(C(=O)OCCCC)cc(S(=O)(=O)Oc2ccccc2S(=O)(=O)O)c1. The summed E-state index contributed by atoms with van der Waals surface area (Å²) < 4.78 is 73.6. The maximum atomic E-state index is 12.9. The van der Waals surface area contributed by atoms with Crippen LogP contribution < -0.4 is 4.18 Å². The molecule has 34 heavy (non-hydrogen) atoms. The van der Waals surface area contributed by atoms with Crippen LogP contribution in [0.3, 0.4) is 0 Å². The van der Waals surface area contributed by atoms with E-state index in [9.17, 15) is 31.0 Å². The maximum Gasteiger partial charge on any atom is 0.339 e. The molecule has 0 saturated heterocycles. The first-order chi connectivity index (χ1) is 16.0. The second-order valence-electron chi connectivity index (χ2n) is 7.18. The second kappa shape index (κ2) is 12.0. The van der Waals surface area contributed by atoms with Gasteiger partial charge in [-0.15, -0.1) is 0 Å². The summed E-state index contributed by atoms with van der Waals surface area (Å²) in [5.74, 6) is -2.37. The molecule has 0 heterocycles. The van der Waals surface area contributed by atoms with Crippen molar-refractivity contribution in [3.05, 3.63) is 53.6 Å². The van der Waals surface area contributed by atoms with Gasteiger partial charge < -0.3 is 13.7 Å². The molecule has 0 amide bonds. The van der Waals surface area contributed by atoms with Crippen LogP contribution in [0.25, 0.3) is 0 Å². The number of unbranched alkanes of at least 4 members (excludes halogenated alkanes) is 2. The number of hydrogen-bond acceptors (Lipinski definition) is 9. The van der Waals surface area contributed by atoms with Crippen LogP contribution in [0.1, 0.15) is 60.2 Å². The Hall–Kier alpha value is -2.96. The number of carbonyl (C=O) groups excluding carboxylic acids is 2. The van der Waals surface area contributed by atoms with Gasteiger partial charge in [0.15, 0.2) is 5.75 Å². The fourth-order valence-corrected chi connectivity index (χ4v) is 4.35. The summed E-state index contributed by atoms with van der Waals surface area (Å²) in [7, 11) is -9.54. The molecule has 0 saturated carbocycles. The van der Waals surface area contributed by atoms with E-state index in [1.54, 1.807) is 0 Å². The highest BCUT2D eigenvalue weighted by molar-refractivity contribution is 7.87. The van der Waals surface area contributed by atoms with Crippen molar-refractivity contribution in [3.8, 4) is 5.75 Å². The highest BCUT2D eigenvalue weighted by atomic mass is 32.2. The van der Waals surface area contributed by atoms with Gasteiger partial charge >= 0.3 is 22.1 Å². The lowest BCUT2D eigenvalue weighted by molar-refractivity contribution is 0.0497. The number of esters is 2. The van der Waals surface area contributed by atoms with E-state index in [1.807, 2.05) is 13.8 Å². The second-order valence-corrected chi connectivity index (χ2v) is 10.1. The van der Waals surface area contributed by atoms with E-state index in [-0.39, 0.29) is 24.3 Å². The van der Waals surface area contributed by atoms with E-state index in [1.165, 1.54) is 12.1 Å².